The normalized spacial score (nSPS) is 18.2. The molecular weight excluding hydrogens is 212 g/mol. The van der Waals surface area contributed by atoms with Crippen molar-refractivity contribution >= 4 is 11.4 Å². The van der Waals surface area contributed by atoms with Crippen molar-refractivity contribution in [3.8, 4) is 0 Å². The number of aryl methyl sites for hydroxylation is 1. The molecule has 94 valence electrons. The van der Waals surface area contributed by atoms with E-state index in [0.717, 1.165) is 36.3 Å². The summed E-state index contributed by atoms with van der Waals surface area (Å²) in [6.07, 6.45) is 4.74. The van der Waals surface area contributed by atoms with Gasteiger partial charge in [0.25, 0.3) is 0 Å². The number of benzene rings is 1. The minimum atomic E-state index is 0.0911. The van der Waals surface area contributed by atoms with Gasteiger partial charge in [0, 0.05) is 23.3 Å². The van der Waals surface area contributed by atoms with E-state index in [0.29, 0.717) is 0 Å². The summed E-state index contributed by atoms with van der Waals surface area (Å²) in [5.41, 5.74) is 8.91. The van der Waals surface area contributed by atoms with E-state index in [9.17, 15) is 5.11 Å². The molecule has 1 saturated carbocycles. The minimum absolute atomic E-state index is 0.0911. The summed E-state index contributed by atoms with van der Waals surface area (Å²) in [6, 6.07) is 5.91. The summed E-state index contributed by atoms with van der Waals surface area (Å²) >= 11 is 0. The second-order valence-corrected chi connectivity index (χ2v) is 5.29. The van der Waals surface area contributed by atoms with Crippen molar-refractivity contribution in [2.75, 3.05) is 24.2 Å². The number of hydrogen-bond donors (Lipinski definition) is 3. The predicted molar refractivity (Wildman–Crippen MR) is 72.1 cm³/mol. The van der Waals surface area contributed by atoms with Gasteiger partial charge in [0.2, 0.25) is 0 Å². The maximum atomic E-state index is 9.55. The van der Waals surface area contributed by atoms with Crippen LogP contribution >= 0.6 is 0 Å². The van der Waals surface area contributed by atoms with Crippen LogP contribution in [0.2, 0.25) is 0 Å². The molecule has 0 bridgehead atoms. The molecule has 0 aromatic heterocycles. The van der Waals surface area contributed by atoms with Crippen LogP contribution in [0.3, 0.4) is 0 Å². The van der Waals surface area contributed by atoms with Crippen molar-refractivity contribution in [2.24, 2.45) is 5.41 Å². The largest absolute Gasteiger partial charge is 0.399 e. The van der Waals surface area contributed by atoms with Gasteiger partial charge in [-0.3, -0.25) is 0 Å². The number of rotatable bonds is 4. The maximum absolute atomic E-state index is 9.55. The Labute approximate surface area is 103 Å². The van der Waals surface area contributed by atoms with Crippen LogP contribution in [-0.2, 0) is 0 Å². The monoisotopic (exact) mass is 234 g/mol. The molecule has 17 heavy (non-hydrogen) atoms. The van der Waals surface area contributed by atoms with Crippen LogP contribution in [0, 0.1) is 12.3 Å². The zero-order valence-electron chi connectivity index (χ0n) is 10.5. The highest BCUT2D eigenvalue weighted by atomic mass is 16.3. The molecule has 1 aliphatic carbocycles. The average Bonchev–Trinajstić information content (AvgIpc) is 2.77. The van der Waals surface area contributed by atoms with E-state index in [1.54, 1.807) is 0 Å². The summed E-state index contributed by atoms with van der Waals surface area (Å²) in [5, 5.41) is 13.0. The van der Waals surface area contributed by atoms with Crippen molar-refractivity contribution in [1.82, 2.24) is 0 Å². The maximum Gasteiger partial charge on any atom is 0.0504 e. The Morgan fingerprint density at radius 3 is 2.65 bits per heavy atom. The Morgan fingerprint density at radius 1 is 1.35 bits per heavy atom. The van der Waals surface area contributed by atoms with E-state index in [1.807, 2.05) is 18.2 Å². The van der Waals surface area contributed by atoms with Gasteiger partial charge in [0.05, 0.1) is 6.61 Å². The number of nitrogen functional groups attached to an aromatic ring is 1. The number of anilines is 2. The quantitative estimate of drug-likeness (QED) is 0.702. The fourth-order valence-corrected chi connectivity index (χ4v) is 2.68. The highest BCUT2D eigenvalue weighted by molar-refractivity contribution is 5.57. The smallest absolute Gasteiger partial charge is 0.0504 e. The fraction of sp³-hybridized carbons (Fsp3) is 0.571. The summed E-state index contributed by atoms with van der Waals surface area (Å²) < 4.78 is 0. The topological polar surface area (TPSA) is 58.3 Å². The molecule has 2 rings (SSSR count). The third-order valence-electron chi connectivity index (χ3n) is 3.90. The van der Waals surface area contributed by atoms with E-state index in [-0.39, 0.29) is 12.0 Å². The van der Waals surface area contributed by atoms with E-state index in [1.165, 1.54) is 12.8 Å². The Bertz CT molecular complexity index is 384. The van der Waals surface area contributed by atoms with Gasteiger partial charge in [-0.25, -0.2) is 0 Å². The average molecular weight is 234 g/mol. The van der Waals surface area contributed by atoms with Crippen LogP contribution in [0.15, 0.2) is 18.2 Å². The lowest BCUT2D eigenvalue weighted by atomic mass is 9.87. The van der Waals surface area contributed by atoms with Gasteiger partial charge in [-0.2, -0.15) is 0 Å². The third-order valence-corrected chi connectivity index (χ3v) is 3.90. The summed E-state index contributed by atoms with van der Waals surface area (Å²) in [4.78, 5) is 0. The molecule has 1 aliphatic rings. The zero-order chi connectivity index (χ0) is 12.3. The SMILES string of the molecule is Cc1cc(N)ccc1NCC1(CO)CCCC1. The first-order chi connectivity index (χ1) is 8.15. The predicted octanol–water partition coefficient (Wildman–Crippen LogP) is 2.54. The van der Waals surface area contributed by atoms with Crippen molar-refractivity contribution in [3.63, 3.8) is 0 Å². The highest BCUT2D eigenvalue weighted by Gasteiger charge is 2.32. The van der Waals surface area contributed by atoms with Gasteiger partial charge >= 0.3 is 0 Å². The van der Waals surface area contributed by atoms with Gasteiger partial charge in [-0.15, -0.1) is 0 Å². The van der Waals surface area contributed by atoms with Crippen LogP contribution < -0.4 is 11.1 Å². The molecule has 4 N–H and O–H groups in total. The van der Waals surface area contributed by atoms with Gasteiger partial charge in [-0.05, 0) is 43.5 Å². The molecule has 1 aromatic carbocycles. The molecule has 3 heteroatoms. The first kappa shape index (κ1) is 12.2. The van der Waals surface area contributed by atoms with Crippen LogP contribution in [0.4, 0.5) is 11.4 Å². The van der Waals surface area contributed by atoms with Crippen LogP contribution in [0.25, 0.3) is 0 Å². The van der Waals surface area contributed by atoms with Gasteiger partial charge < -0.3 is 16.2 Å². The molecule has 1 fully saturated rings. The minimum Gasteiger partial charge on any atom is -0.399 e. The molecule has 0 aliphatic heterocycles. The number of nitrogens with one attached hydrogen (secondary N) is 1. The first-order valence-corrected chi connectivity index (χ1v) is 6.36. The van der Waals surface area contributed by atoms with Crippen molar-refractivity contribution in [2.45, 2.75) is 32.6 Å². The van der Waals surface area contributed by atoms with E-state index in [2.05, 4.69) is 12.2 Å². The van der Waals surface area contributed by atoms with Crippen LogP contribution in [0.5, 0.6) is 0 Å². The lowest BCUT2D eigenvalue weighted by Gasteiger charge is -2.27. The van der Waals surface area contributed by atoms with Gasteiger partial charge in [-0.1, -0.05) is 12.8 Å². The van der Waals surface area contributed by atoms with Crippen molar-refractivity contribution < 1.29 is 5.11 Å². The number of nitrogens with two attached hydrogens (primary N) is 1. The molecule has 3 nitrogen and oxygen atoms in total. The summed E-state index contributed by atoms with van der Waals surface area (Å²) in [7, 11) is 0. The van der Waals surface area contributed by atoms with Crippen LogP contribution in [-0.4, -0.2) is 18.3 Å². The molecule has 1 aromatic rings. The lowest BCUT2D eigenvalue weighted by molar-refractivity contribution is 0.142. The van der Waals surface area contributed by atoms with Gasteiger partial charge in [0.1, 0.15) is 0 Å². The first-order valence-electron chi connectivity index (χ1n) is 6.36. The molecule has 0 radical (unpaired) electrons. The second-order valence-electron chi connectivity index (χ2n) is 5.29. The number of aliphatic hydroxyl groups is 1. The Hall–Kier alpha value is -1.22. The molecule has 0 spiro atoms. The van der Waals surface area contributed by atoms with Crippen LogP contribution in [0.1, 0.15) is 31.2 Å². The molecule has 0 heterocycles. The molecule has 0 amide bonds. The third kappa shape index (κ3) is 2.72. The second kappa shape index (κ2) is 4.96. The molecule has 0 saturated heterocycles. The van der Waals surface area contributed by atoms with Gasteiger partial charge in [0.15, 0.2) is 0 Å². The number of aliphatic hydroxyl groups excluding tert-OH is 1. The van der Waals surface area contributed by atoms with Crippen molar-refractivity contribution in [1.29, 1.82) is 0 Å². The van der Waals surface area contributed by atoms with E-state index in [4.69, 9.17) is 5.73 Å². The molecule has 0 unspecified atom stereocenters. The number of hydrogen-bond acceptors (Lipinski definition) is 3. The molecular formula is C14H22N2O. The molecule has 0 atom stereocenters. The fourth-order valence-electron chi connectivity index (χ4n) is 2.68. The summed E-state index contributed by atoms with van der Waals surface area (Å²) in [6.45, 7) is 3.20. The van der Waals surface area contributed by atoms with Crippen molar-refractivity contribution in [3.05, 3.63) is 23.8 Å². The van der Waals surface area contributed by atoms with E-state index >= 15 is 0 Å². The zero-order valence-corrected chi connectivity index (χ0v) is 10.5. The van der Waals surface area contributed by atoms with E-state index < -0.39 is 0 Å². The highest BCUT2D eigenvalue weighted by Crippen LogP contribution is 2.37. The Kier molecular flexibility index (Phi) is 3.57. The standard InChI is InChI=1S/C14H22N2O/c1-11-8-12(15)4-5-13(11)16-9-14(10-17)6-2-3-7-14/h4-5,8,16-17H,2-3,6-7,9-10,15H2,1H3. The summed E-state index contributed by atoms with van der Waals surface area (Å²) in [5.74, 6) is 0. The Morgan fingerprint density at radius 2 is 2.06 bits per heavy atom. The lowest BCUT2D eigenvalue weighted by Crippen LogP contribution is -2.30. The Balaban J connectivity index is 2.01.